The first-order chi connectivity index (χ1) is 13.3. The summed E-state index contributed by atoms with van der Waals surface area (Å²) in [6.45, 7) is 1.90. The molecule has 0 unspecified atom stereocenters. The molecule has 3 rings (SSSR count). The second kappa shape index (κ2) is 7.67. The maximum atomic E-state index is 12.8. The Morgan fingerprint density at radius 2 is 1.89 bits per heavy atom. The number of hydrogen-bond donors (Lipinski definition) is 1. The largest absolute Gasteiger partial charge is 0.456 e. The standard InChI is InChI=1S/C20H16F3N3O2/c1-2-12-7-13(3-4-17(12)19(24)27)18-9-15(5-6-26-18)28-16-8-14(10-25-11-16)20(21,22)23/h3-11H,2H2,1H3,(H2,24,27). The van der Waals surface area contributed by atoms with Gasteiger partial charge in [-0.15, -0.1) is 0 Å². The van der Waals surface area contributed by atoms with Crippen LogP contribution in [0.5, 0.6) is 11.5 Å². The fraction of sp³-hybridized carbons (Fsp3) is 0.150. The third-order valence-electron chi connectivity index (χ3n) is 4.05. The average molecular weight is 387 g/mol. The van der Waals surface area contributed by atoms with Gasteiger partial charge >= 0.3 is 6.18 Å². The number of nitrogens with zero attached hydrogens (tertiary/aromatic N) is 2. The Hall–Kier alpha value is -3.42. The number of pyridine rings is 2. The van der Waals surface area contributed by atoms with E-state index >= 15 is 0 Å². The molecule has 2 heterocycles. The Morgan fingerprint density at radius 3 is 2.57 bits per heavy atom. The zero-order valence-corrected chi connectivity index (χ0v) is 14.8. The number of nitrogens with two attached hydrogens (primary N) is 1. The summed E-state index contributed by atoms with van der Waals surface area (Å²) < 4.78 is 44.0. The van der Waals surface area contributed by atoms with Gasteiger partial charge in [0.05, 0.1) is 17.5 Å². The minimum absolute atomic E-state index is 0.0368. The van der Waals surface area contributed by atoms with Crippen LogP contribution in [0.2, 0.25) is 0 Å². The van der Waals surface area contributed by atoms with Crippen molar-refractivity contribution in [3.05, 3.63) is 71.7 Å². The van der Waals surface area contributed by atoms with Crippen LogP contribution in [0.3, 0.4) is 0 Å². The molecule has 0 saturated heterocycles. The van der Waals surface area contributed by atoms with Crippen molar-refractivity contribution in [2.24, 2.45) is 5.73 Å². The zero-order valence-electron chi connectivity index (χ0n) is 14.8. The van der Waals surface area contributed by atoms with E-state index in [1.165, 1.54) is 18.5 Å². The van der Waals surface area contributed by atoms with E-state index in [-0.39, 0.29) is 5.75 Å². The summed E-state index contributed by atoms with van der Waals surface area (Å²) in [4.78, 5) is 19.3. The molecule has 28 heavy (non-hydrogen) atoms. The second-order valence-electron chi connectivity index (χ2n) is 5.98. The number of carbonyl (C=O) groups excluding carboxylic acids is 1. The fourth-order valence-corrected chi connectivity index (χ4v) is 2.68. The van der Waals surface area contributed by atoms with Crippen molar-refractivity contribution in [3.63, 3.8) is 0 Å². The predicted octanol–water partition coefficient (Wildman–Crippen LogP) is 4.62. The number of amides is 1. The van der Waals surface area contributed by atoms with Crippen molar-refractivity contribution < 1.29 is 22.7 Å². The number of hydrogen-bond acceptors (Lipinski definition) is 4. The first-order valence-corrected chi connectivity index (χ1v) is 8.37. The summed E-state index contributed by atoms with van der Waals surface area (Å²) in [7, 11) is 0. The molecule has 0 aliphatic heterocycles. The van der Waals surface area contributed by atoms with Gasteiger partial charge in [0.2, 0.25) is 5.91 Å². The van der Waals surface area contributed by atoms with Crippen LogP contribution in [0.1, 0.15) is 28.4 Å². The summed E-state index contributed by atoms with van der Waals surface area (Å²) in [5.41, 5.74) is 6.97. The van der Waals surface area contributed by atoms with E-state index in [2.05, 4.69) is 9.97 Å². The Bertz CT molecular complexity index is 1020. The van der Waals surface area contributed by atoms with Crippen molar-refractivity contribution in [1.29, 1.82) is 0 Å². The van der Waals surface area contributed by atoms with Crippen molar-refractivity contribution >= 4 is 5.91 Å². The first kappa shape index (κ1) is 19.3. The van der Waals surface area contributed by atoms with Crippen molar-refractivity contribution in [1.82, 2.24) is 9.97 Å². The number of aromatic nitrogens is 2. The molecular weight excluding hydrogens is 371 g/mol. The molecular formula is C20H16F3N3O2. The molecule has 5 nitrogen and oxygen atoms in total. The van der Waals surface area contributed by atoms with Crippen molar-refractivity contribution in [3.8, 4) is 22.8 Å². The van der Waals surface area contributed by atoms with E-state index in [4.69, 9.17) is 10.5 Å². The van der Waals surface area contributed by atoms with Crippen LogP contribution in [0.25, 0.3) is 11.3 Å². The lowest BCUT2D eigenvalue weighted by molar-refractivity contribution is -0.137. The van der Waals surface area contributed by atoms with Crippen LogP contribution >= 0.6 is 0 Å². The van der Waals surface area contributed by atoms with Crippen molar-refractivity contribution in [2.45, 2.75) is 19.5 Å². The predicted molar refractivity (Wildman–Crippen MR) is 96.9 cm³/mol. The summed E-state index contributed by atoms with van der Waals surface area (Å²) in [6.07, 6.45) is -0.477. The Morgan fingerprint density at radius 1 is 1.11 bits per heavy atom. The van der Waals surface area contributed by atoms with E-state index in [9.17, 15) is 18.0 Å². The number of rotatable bonds is 5. The number of aryl methyl sites for hydroxylation is 1. The van der Waals surface area contributed by atoms with Gasteiger partial charge in [-0.3, -0.25) is 14.8 Å². The number of alkyl halides is 3. The van der Waals surface area contributed by atoms with Crippen LogP contribution < -0.4 is 10.5 Å². The number of halogens is 3. The smallest absolute Gasteiger partial charge is 0.418 e. The normalized spacial score (nSPS) is 11.3. The Labute approximate surface area is 159 Å². The van der Waals surface area contributed by atoms with Gasteiger partial charge in [-0.1, -0.05) is 13.0 Å². The SMILES string of the molecule is CCc1cc(-c2cc(Oc3cncc(C(F)(F)F)c3)ccn2)ccc1C(N)=O. The maximum absolute atomic E-state index is 12.8. The fourth-order valence-electron chi connectivity index (χ4n) is 2.68. The monoisotopic (exact) mass is 387 g/mol. The highest BCUT2D eigenvalue weighted by Gasteiger charge is 2.31. The molecule has 0 atom stereocenters. The van der Waals surface area contributed by atoms with Gasteiger partial charge < -0.3 is 10.5 Å². The molecule has 2 N–H and O–H groups in total. The summed E-state index contributed by atoms with van der Waals surface area (Å²) >= 11 is 0. The van der Waals surface area contributed by atoms with E-state index in [0.29, 0.717) is 23.4 Å². The molecule has 3 aromatic rings. The lowest BCUT2D eigenvalue weighted by Crippen LogP contribution is -2.13. The van der Waals surface area contributed by atoms with Gasteiger partial charge in [0.15, 0.2) is 0 Å². The number of carbonyl (C=O) groups is 1. The summed E-state index contributed by atoms with van der Waals surface area (Å²) in [5.74, 6) is -0.237. The van der Waals surface area contributed by atoms with Crippen molar-refractivity contribution in [2.75, 3.05) is 0 Å². The van der Waals surface area contributed by atoms with Gasteiger partial charge in [0.1, 0.15) is 11.5 Å². The van der Waals surface area contributed by atoms with Gasteiger partial charge in [-0.25, -0.2) is 0 Å². The number of primary amides is 1. The topological polar surface area (TPSA) is 78.1 Å². The van der Waals surface area contributed by atoms with Gasteiger partial charge in [-0.05, 0) is 36.2 Å². The lowest BCUT2D eigenvalue weighted by atomic mass is 9.99. The minimum atomic E-state index is -4.51. The van der Waals surface area contributed by atoms with Gasteiger partial charge in [0, 0.05) is 29.6 Å². The molecule has 0 bridgehead atoms. The molecule has 0 radical (unpaired) electrons. The van der Waals surface area contributed by atoms with Crippen LogP contribution in [0.4, 0.5) is 13.2 Å². The highest BCUT2D eigenvalue weighted by atomic mass is 19.4. The van der Waals surface area contributed by atoms with Crippen LogP contribution in [-0.2, 0) is 12.6 Å². The highest BCUT2D eigenvalue weighted by Crippen LogP contribution is 2.32. The van der Waals surface area contributed by atoms with Gasteiger partial charge in [-0.2, -0.15) is 13.2 Å². The third-order valence-corrected chi connectivity index (χ3v) is 4.05. The molecule has 1 amide bonds. The van der Waals surface area contributed by atoms with Crippen LogP contribution in [0, 0.1) is 0 Å². The van der Waals surface area contributed by atoms with E-state index < -0.39 is 17.6 Å². The van der Waals surface area contributed by atoms with Gasteiger partial charge in [0.25, 0.3) is 0 Å². The van der Waals surface area contributed by atoms with E-state index in [1.54, 1.807) is 24.3 Å². The molecule has 0 aliphatic rings. The summed E-state index contributed by atoms with van der Waals surface area (Å²) in [5, 5.41) is 0. The second-order valence-corrected chi connectivity index (χ2v) is 5.98. The number of benzene rings is 1. The highest BCUT2D eigenvalue weighted by molar-refractivity contribution is 5.95. The third kappa shape index (κ3) is 4.28. The molecule has 0 fully saturated rings. The molecule has 0 aliphatic carbocycles. The zero-order chi connectivity index (χ0) is 20.3. The van der Waals surface area contributed by atoms with E-state index in [1.807, 2.05) is 6.92 Å². The molecule has 1 aromatic carbocycles. The summed E-state index contributed by atoms with van der Waals surface area (Å²) in [6, 6.07) is 9.14. The lowest BCUT2D eigenvalue weighted by Gasteiger charge is -2.11. The molecule has 0 saturated carbocycles. The first-order valence-electron chi connectivity index (χ1n) is 8.37. The molecule has 2 aromatic heterocycles. The quantitative estimate of drug-likeness (QED) is 0.693. The molecule has 0 spiro atoms. The number of ether oxygens (including phenoxy) is 1. The van der Waals surface area contributed by atoms with E-state index in [0.717, 1.165) is 23.4 Å². The maximum Gasteiger partial charge on any atom is 0.418 e. The van der Waals surface area contributed by atoms with Crippen LogP contribution in [0.15, 0.2) is 55.0 Å². The van der Waals surface area contributed by atoms with Crippen LogP contribution in [-0.4, -0.2) is 15.9 Å². The Kier molecular flexibility index (Phi) is 5.30. The Balaban J connectivity index is 1.90. The average Bonchev–Trinajstić information content (AvgIpc) is 2.67. The minimum Gasteiger partial charge on any atom is -0.456 e. The molecule has 144 valence electrons. The molecule has 8 heteroatoms.